The van der Waals surface area contributed by atoms with Gasteiger partial charge < -0.3 is 9.73 Å². The quantitative estimate of drug-likeness (QED) is 0.738. The summed E-state index contributed by atoms with van der Waals surface area (Å²) in [7, 11) is 0. The molecule has 5 nitrogen and oxygen atoms in total. The van der Waals surface area contributed by atoms with Crippen LogP contribution in [-0.2, 0) is 0 Å². The first-order valence-corrected chi connectivity index (χ1v) is 6.48. The smallest absolute Gasteiger partial charge is 0.291 e. The lowest BCUT2D eigenvalue weighted by Crippen LogP contribution is -2.15. The lowest BCUT2D eigenvalue weighted by atomic mass is 10.2. The lowest BCUT2D eigenvalue weighted by Gasteiger charge is -2.06. The van der Waals surface area contributed by atoms with Crippen molar-refractivity contribution in [3.63, 3.8) is 0 Å². The predicted molar refractivity (Wildman–Crippen MR) is 79.7 cm³/mol. The SMILES string of the molecule is O=C(Nc1cccnc1Cl)c1cc(=O)c2ccccc2o1. The van der Waals surface area contributed by atoms with Gasteiger partial charge in [0.1, 0.15) is 5.58 Å². The second-order valence-corrected chi connectivity index (χ2v) is 4.62. The van der Waals surface area contributed by atoms with Gasteiger partial charge in [-0.1, -0.05) is 23.7 Å². The van der Waals surface area contributed by atoms with Gasteiger partial charge in [-0.2, -0.15) is 0 Å². The van der Waals surface area contributed by atoms with Gasteiger partial charge in [-0.25, -0.2) is 4.98 Å². The molecule has 21 heavy (non-hydrogen) atoms. The Balaban J connectivity index is 1.99. The molecule has 2 heterocycles. The maximum atomic E-state index is 12.1. The number of fused-ring (bicyclic) bond motifs is 1. The first-order valence-electron chi connectivity index (χ1n) is 6.10. The normalized spacial score (nSPS) is 10.5. The van der Waals surface area contributed by atoms with E-state index in [9.17, 15) is 9.59 Å². The average Bonchev–Trinajstić information content (AvgIpc) is 2.49. The summed E-state index contributed by atoms with van der Waals surface area (Å²) in [6.07, 6.45) is 1.51. The van der Waals surface area contributed by atoms with E-state index in [1.54, 1.807) is 36.4 Å². The molecule has 3 rings (SSSR count). The van der Waals surface area contributed by atoms with E-state index in [1.807, 2.05) is 0 Å². The van der Waals surface area contributed by atoms with Gasteiger partial charge in [-0.3, -0.25) is 9.59 Å². The van der Waals surface area contributed by atoms with Gasteiger partial charge >= 0.3 is 0 Å². The largest absolute Gasteiger partial charge is 0.451 e. The van der Waals surface area contributed by atoms with E-state index in [2.05, 4.69) is 10.3 Å². The van der Waals surface area contributed by atoms with Crippen LogP contribution in [0.1, 0.15) is 10.6 Å². The number of nitrogens with zero attached hydrogens (tertiary/aromatic N) is 1. The van der Waals surface area contributed by atoms with Gasteiger partial charge in [0.15, 0.2) is 16.3 Å². The highest BCUT2D eigenvalue weighted by molar-refractivity contribution is 6.32. The van der Waals surface area contributed by atoms with Crippen LogP contribution in [0.2, 0.25) is 5.15 Å². The Morgan fingerprint density at radius 1 is 1.19 bits per heavy atom. The molecule has 0 atom stereocenters. The van der Waals surface area contributed by atoms with E-state index in [1.165, 1.54) is 6.20 Å². The Bertz CT molecular complexity index is 889. The molecule has 0 aliphatic rings. The van der Waals surface area contributed by atoms with Gasteiger partial charge in [-0.05, 0) is 24.3 Å². The maximum absolute atomic E-state index is 12.1. The van der Waals surface area contributed by atoms with Crippen molar-refractivity contribution in [2.45, 2.75) is 0 Å². The van der Waals surface area contributed by atoms with Crippen LogP contribution in [0.5, 0.6) is 0 Å². The molecule has 0 aliphatic heterocycles. The number of para-hydroxylation sites is 1. The van der Waals surface area contributed by atoms with Gasteiger partial charge in [0.25, 0.3) is 5.91 Å². The molecule has 0 radical (unpaired) electrons. The molecule has 1 N–H and O–H groups in total. The van der Waals surface area contributed by atoms with Crippen LogP contribution < -0.4 is 10.7 Å². The highest BCUT2D eigenvalue weighted by atomic mass is 35.5. The number of carbonyl (C=O) groups is 1. The minimum Gasteiger partial charge on any atom is -0.451 e. The maximum Gasteiger partial charge on any atom is 0.291 e. The minimum atomic E-state index is -0.562. The second kappa shape index (κ2) is 5.38. The second-order valence-electron chi connectivity index (χ2n) is 4.27. The average molecular weight is 301 g/mol. The number of benzene rings is 1. The monoisotopic (exact) mass is 300 g/mol. The summed E-state index contributed by atoms with van der Waals surface area (Å²) in [5.74, 6) is -0.647. The summed E-state index contributed by atoms with van der Waals surface area (Å²) >= 11 is 5.86. The molecule has 0 saturated heterocycles. The lowest BCUT2D eigenvalue weighted by molar-refractivity contribution is 0.0997. The van der Waals surface area contributed by atoms with Crippen molar-refractivity contribution in [2.75, 3.05) is 5.32 Å². The Morgan fingerprint density at radius 3 is 2.81 bits per heavy atom. The molecule has 0 aliphatic carbocycles. The Kier molecular flexibility index (Phi) is 3.41. The number of aromatic nitrogens is 1. The highest BCUT2D eigenvalue weighted by Crippen LogP contribution is 2.19. The van der Waals surface area contributed by atoms with Crippen molar-refractivity contribution in [3.8, 4) is 0 Å². The third kappa shape index (κ3) is 2.64. The van der Waals surface area contributed by atoms with E-state index >= 15 is 0 Å². The number of hydrogen-bond acceptors (Lipinski definition) is 4. The Labute approximate surface area is 124 Å². The fourth-order valence-electron chi connectivity index (χ4n) is 1.88. The Hall–Kier alpha value is -2.66. The zero-order chi connectivity index (χ0) is 14.8. The molecule has 0 fully saturated rings. The van der Waals surface area contributed by atoms with E-state index in [-0.39, 0.29) is 16.3 Å². The number of hydrogen-bond donors (Lipinski definition) is 1. The van der Waals surface area contributed by atoms with Gasteiger partial charge in [0.05, 0.1) is 11.1 Å². The van der Waals surface area contributed by atoms with Crippen molar-refractivity contribution in [2.24, 2.45) is 0 Å². The summed E-state index contributed by atoms with van der Waals surface area (Å²) in [6.45, 7) is 0. The van der Waals surface area contributed by atoms with E-state index in [0.29, 0.717) is 16.7 Å². The fourth-order valence-corrected chi connectivity index (χ4v) is 2.05. The third-order valence-corrected chi connectivity index (χ3v) is 3.17. The van der Waals surface area contributed by atoms with Crippen molar-refractivity contribution >= 4 is 34.2 Å². The number of halogens is 1. The first kappa shape index (κ1) is 13.3. The summed E-state index contributed by atoms with van der Waals surface area (Å²) in [6, 6.07) is 11.1. The van der Waals surface area contributed by atoms with Gasteiger partial charge in [0, 0.05) is 12.3 Å². The molecule has 1 aromatic carbocycles. The molecule has 0 bridgehead atoms. The topological polar surface area (TPSA) is 72.2 Å². The van der Waals surface area contributed by atoms with Crippen molar-refractivity contribution in [1.82, 2.24) is 4.98 Å². The highest BCUT2D eigenvalue weighted by Gasteiger charge is 2.13. The predicted octanol–water partition coefficient (Wildman–Crippen LogP) is 3.09. The Morgan fingerprint density at radius 2 is 2.00 bits per heavy atom. The molecule has 1 amide bonds. The number of nitrogens with one attached hydrogen (secondary N) is 1. The van der Waals surface area contributed by atoms with Crippen molar-refractivity contribution in [3.05, 3.63) is 69.8 Å². The molecular formula is C15H9ClN2O3. The molecule has 2 aromatic heterocycles. The number of anilines is 1. The molecule has 0 saturated carbocycles. The summed E-state index contributed by atoms with van der Waals surface area (Å²) < 4.78 is 5.44. The summed E-state index contributed by atoms with van der Waals surface area (Å²) in [5, 5.41) is 3.14. The summed E-state index contributed by atoms with van der Waals surface area (Å²) in [4.78, 5) is 27.9. The zero-order valence-corrected chi connectivity index (χ0v) is 11.4. The minimum absolute atomic E-state index is 0.0846. The number of pyridine rings is 1. The van der Waals surface area contributed by atoms with Gasteiger partial charge in [-0.15, -0.1) is 0 Å². The standard InChI is InChI=1S/C15H9ClN2O3/c16-14-10(5-3-7-17-14)18-15(20)13-8-11(19)9-4-1-2-6-12(9)21-13/h1-8H,(H,18,20). The number of amides is 1. The van der Waals surface area contributed by atoms with Crippen molar-refractivity contribution in [1.29, 1.82) is 0 Å². The van der Waals surface area contributed by atoms with Crippen LogP contribution >= 0.6 is 11.6 Å². The van der Waals surface area contributed by atoms with Crippen molar-refractivity contribution < 1.29 is 9.21 Å². The first-order chi connectivity index (χ1) is 10.1. The van der Waals surface area contributed by atoms with E-state index < -0.39 is 5.91 Å². The zero-order valence-electron chi connectivity index (χ0n) is 10.7. The van der Waals surface area contributed by atoms with Crippen LogP contribution in [0.25, 0.3) is 11.0 Å². The molecule has 6 heteroatoms. The van der Waals surface area contributed by atoms with Gasteiger partial charge in [0.2, 0.25) is 0 Å². The molecule has 3 aromatic rings. The van der Waals surface area contributed by atoms with Crippen LogP contribution in [0.4, 0.5) is 5.69 Å². The van der Waals surface area contributed by atoms with Crippen LogP contribution in [-0.4, -0.2) is 10.9 Å². The molecular weight excluding hydrogens is 292 g/mol. The fraction of sp³-hybridized carbons (Fsp3) is 0. The van der Waals surface area contributed by atoms with Crippen LogP contribution in [0, 0.1) is 0 Å². The number of carbonyl (C=O) groups excluding carboxylic acids is 1. The van der Waals surface area contributed by atoms with E-state index in [0.717, 1.165) is 6.07 Å². The van der Waals surface area contributed by atoms with E-state index in [4.69, 9.17) is 16.0 Å². The third-order valence-electron chi connectivity index (χ3n) is 2.87. The number of rotatable bonds is 2. The molecule has 0 unspecified atom stereocenters. The van der Waals surface area contributed by atoms with Crippen LogP contribution in [0.15, 0.2) is 57.9 Å². The summed E-state index contributed by atoms with van der Waals surface area (Å²) in [5.41, 5.74) is 0.423. The van der Waals surface area contributed by atoms with Crippen LogP contribution in [0.3, 0.4) is 0 Å². The molecule has 104 valence electrons. The molecule has 0 spiro atoms.